The molecule has 0 aliphatic carbocycles. The molecule has 0 fully saturated rings. The van der Waals surface area contributed by atoms with Gasteiger partial charge in [-0.15, -0.1) is 0 Å². The van der Waals surface area contributed by atoms with E-state index in [0.29, 0.717) is 12.1 Å². The Kier molecular flexibility index (Phi) is 9.29. The number of carbonyl (C=O) groups is 4. The van der Waals surface area contributed by atoms with Crippen molar-refractivity contribution in [2.75, 3.05) is 13.1 Å². The van der Waals surface area contributed by atoms with E-state index >= 15 is 0 Å². The summed E-state index contributed by atoms with van der Waals surface area (Å²) < 4.78 is 91.5. The van der Waals surface area contributed by atoms with Gasteiger partial charge in [-0.2, -0.15) is 26.3 Å². The van der Waals surface area contributed by atoms with Gasteiger partial charge in [-0.05, 0) is 46.3 Å². The maximum atomic E-state index is 13.7. The van der Waals surface area contributed by atoms with E-state index in [2.05, 4.69) is 16.0 Å². The highest BCUT2D eigenvalue weighted by atomic mass is 19.4. The molecule has 2 aliphatic rings. The van der Waals surface area contributed by atoms with E-state index in [1.807, 2.05) is 0 Å². The molecule has 0 radical (unpaired) electrons. The second-order valence-corrected chi connectivity index (χ2v) is 9.68. The molecule has 4 rings (SSSR count). The maximum Gasteiger partial charge on any atom is 0.491 e. The van der Waals surface area contributed by atoms with Crippen LogP contribution in [-0.2, 0) is 44.5 Å². The highest BCUT2D eigenvalue weighted by molar-refractivity contribution is 6.62. The van der Waals surface area contributed by atoms with E-state index in [1.54, 1.807) is 0 Å². The molecule has 1 atom stereocenters. The van der Waals surface area contributed by atoms with E-state index in [4.69, 9.17) is 14.4 Å². The molecule has 44 heavy (non-hydrogen) atoms. The molecule has 0 aromatic heterocycles. The fraction of sp³-hybridized carbons (Fsp3) is 0.333. The number of alkyl halides is 6. The van der Waals surface area contributed by atoms with Crippen molar-refractivity contribution >= 4 is 48.9 Å². The Morgan fingerprint density at radius 2 is 1.27 bits per heavy atom. The van der Waals surface area contributed by atoms with Gasteiger partial charge < -0.3 is 40.4 Å². The van der Waals surface area contributed by atoms with Crippen molar-refractivity contribution in [3.8, 4) is 0 Å². The van der Waals surface area contributed by atoms with Gasteiger partial charge in [0.25, 0.3) is 11.8 Å². The minimum absolute atomic E-state index is 0.315. The van der Waals surface area contributed by atoms with E-state index < -0.39 is 117 Å². The average Bonchev–Trinajstić information content (AvgIpc) is 3.50. The minimum Gasteiger partial charge on any atom is -0.481 e. The zero-order valence-corrected chi connectivity index (χ0v) is 22.1. The first kappa shape index (κ1) is 32.8. The Morgan fingerprint density at radius 1 is 0.795 bits per heavy atom. The lowest BCUT2D eigenvalue weighted by molar-refractivity contribution is -0.139. The number of halogens is 6. The van der Waals surface area contributed by atoms with Crippen LogP contribution >= 0.6 is 0 Å². The molecule has 6 N–H and O–H groups in total. The standard InChI is InChI=1S/C24H21B2F6N3O9/c27-23(28,29)14-3-10(5-16-12(14)8-43-25(16)41)20(38)34-7-18(22(40)33-2-1-19(36)37)35-21(39)11-4-15(24(30,31)32)13-9-44-26(42)17(13)6-11/h3-6,18,41-42H,1-2,7-9H2,(H,33,40)(H,34,38)(H,35,39)(H,36,37)/t18-/m0/s1. The topological polar surface area (TPSA) is 184 Å². The van der Waals surface area contributed by atoms with Crippen LogP contribution in [0.25, 0.3) is 0 Å². The summed E-state index contributed by atoms with van der Waals surface area (Å²) in [4.78, 5) is 49.4. The van der Waals surface area contributed by atoms with Crippen LogP contribution in [0.2, 0.25) is 0 Å². The van der Waals surface area contributed by atoms with E-state index in [9.17, 15) is 55.6 Å². The lowest BCUT2D eigenvalue weighted by Crippen LogP contribution is -2.53. The highest BCUT2D eigenvalue weighted by Gasteiger charge is 2.42. The third-order valence-corrected chi connectivity index (χ3v) is 6.73. The Bertz CT molecular complexity index is 1510. The fourth-order valence-corrected chi connectivity index (χ4v) is 4.59. The predicted octanol–water partition coefficient (Wildman–Crippen LogP) is -0.721. The Balaban J connectivity index is 1.58. The first-order valence-corrected chi connectivity index (χ1v) is 12.6. The quantitative estimate of drug-likeness (QED) is 0.154. The largest absolute Gasteiger partial charge is 0.491 e. The third kappa shape index (κ3) is 7.15. The van der Waals surface area contributed by atoms with Crippen molar-refractivity contribution in [3.63, 3.8) is 0 Å². The van der Waals surface area contributed by atoms with Crippen LogP contribution in [-0.4, -0.2) is 72.2 Å². The van der Waals surface area contributed by atoms with E-state index in [1.165, 1.54) is 0 Å². The van der Waals surface area contributed by atoms with E-state index in [0.717, 1.165) is 12.1 Å². The second kappa shape index (κ2) is 12.5. The van der Waals surface area contributed by atoms with Crippen LogP contribution in [0.5, 0.6) is 0 Å². The van der Waals surface area contributed by atoms with Gasteiger partial charge >= 0.3 is 32.6 Å². The predicted molar refractivity (Wildman–Crippen MR) is 137 cm³/mol. The molecule has 20 heteroatoms. The van der Waals surface area contributed by atoms with Gasteiger partial charge in [0, 0.05) is 24.2 Å². The summed E-state index contributed by atoms with van der Waals surface area (Å²) >= 11 is 0. The Morgan fingerprint density at radius 3 is 1.73 bits per heavy atom. The summed E-state index contributed by atoms with van der Waals surface area (Å²) in [5, 5.41) is 35.0. The summed E-state index contributed by atoms with van der Waals surface area (Å²) in [6.45, 7) is -2.42. The number of benzene rings is 2. The number of hydrogen-bond acceptors (Lipinski definition) is 8. The average molecular weight is 631 g/mol. The first-order valence-electron chi connectivity index (χ1n) is 12.6. The zero-order chi connectivity index (χ0) is 32.6. The van der Waals surface area contributed by atoms with Gasteiger partial charge in [0.05, 0.1) is 30.8 Å². The zero-order valence-electron chi connectivity index (χ0n) is 22.1. The SMILES string of the molecule is O=C(O)CCNC(=O)[C@H](CNC(=O)c1cc2c(c(C(F)(F)F)c1)COB2O)NC(=O)c1cc2c(c(C(F)(F)F)c1)COB2O. The van der Waals surface area contributed by atoms with Gasteiger partial charge in [0.15, 0.2) is 0 Å². The molecule has 0 spiro atoms. The molecule has 0 saturated heterocycles. The van der Waals surface area contributed by atoms with Crippen molar-refractivity contribution < 1.29 is 70.0 Å². The molecule has 2 aliphatic heterocycles. The van der Waals surface area contributed by atoms with Crippen LogP contribution in [0, 0.1) is 0 Å². The number of carbonyl (C=O) groups excluding carboxylic acids is 3. The van der Waals surface area contributed by atoms with Crippen LogP contribution in [0.4, 0.5) is 26.3 Å². The molecule has 0 unspecified atom stereocenters. The molecule has 12 nitrogen and oxygen atoms in total. The lowest BCUT2D eigenvalue weighted by atomic mass is 9.77. The van der Waals surface area contributed by atoms with Gasteiger partial charge in [0.2, 0.25) is 5.91 Å². The van der Waals surface area contributed by atoms with Gasteiger partial charge in [-0.25, -0.2) is 0 Å². The number of carboxylic acid groups (broad SMARTS) is 1. The third-order valence-electron chi connectivity index (χ3n) is 6.73. The van der Waals surface area contributed by atoms with Crippen LogP contribution in [0.3, 0.4) is 0 Å². The molecule has 3 amide bonds. The van der Waals surface area contributed by atoms with Crippen molar-refractivity contribution in [1.82, 2.24) is 16.0 Å². The van der Waals surface area contributed by atoms with Gasteiger partial charge in [-0.1, -0.05) is 0 Å². The Labute approximate surface area is 244 Å². The fourth-order valence-electron chi connectivity index (χ4n) is 4.59. The van der Waals surface area contributed by atoms with Crippen molar-refractivity contribution in [3.05, 3.63) is 57.6 Å². The second-order valence-electron chi connectivity index (χ2n) is 9.68. The number of amides is 3. The van der Waals surface area contributed by atoms with Crippen molar-refractivity contribution in [2.45, 2.75) is 38.0 Å². The number of hydrogen-bond donors (Lipinski definition) is 6. The summed E-state index contributed by atoms with van der Waals surface area (Å²) in [6.07, 6.45) is -10.5. The normalized spacial score (nSPS) is 15.0. The monoisotopic (exact) mass is 631 g/mol. The summed E-state index contributed by atoms with van der Waals surface area (Å²) in [5.41, 5.74) is -5.23. The summed E-state index contributed by atoms with van der Waals surface area (Å²) in [6, 6.07) is 1.03. The number of fused-ring (bicyclic) bond motifs is 2. The summed E-state index contributed by atoms with van der Waals surface area (Å²) in [5.74, 6) is -4.86. The highest BCUT2D eigenvalue weighted by Crippen LogP contribution is 2.35. The van der Waals surface area contributed by atoms with Crippen molar-refractivity contribution in [1.29, 1.82) is 0 Å². The molecule has 2 aromatic carbocycles. The van der Waals surface area contributed by atoms with Crippen molar-refractivity contribution in [2.24, 2.45) is 0 Å². The molecule has 0 bridgehead atoms. The Hall–Kier alpha value is -4.13. The van der Waals surface area contributed by atoms with Gasteiger partial charge in [-0.3, -0.25) is 19.2 Å². The lowest BCUT2D eigenvalue weighted by Gasteiger charge is -2.20. The molecular formula is C24H21B2F6N3O9. The van der Waals surface area contributed by atoms with Crippen LogP contribution in [0.1, 0.15) is 49.4 Å². The van der Waals surface area contributed by atoms with Crippen LogP contribution < -0.4 is 26.9 Å². The number of nitrogens with one attached hydrogen (secondary N) is 3. The first-order chi connectivity index (χ1) is 20.5. The maximum absolute atomic E-state index is 13.7. The van der Waals surface area contributed by atoms with E-state index in [-0.39, 0.29) is 16.5 Å². The minimum atomic E-state index is -4.96. The molecule has 2 heterocycles. The number of aliphatic carboxylic acids is 1. The summed E-state index contributed by atoms with van der Waals surface area (Å²) in [7, 11) is -3.52. The smallest absolute Gasteiger partial charge is 0.481 e. The van der Waals surface area contributed by atoms with Gasteiger partial charge in [0.1, 0.15) is 6.04 Å². The number of carboxylic acids is 1. The molecule has 234 valence electrons. The molecular weight excluding hydrogens is 610 g/mol. The van der Waals surface area contributed by atoms with Crippen LogP contribution in [0.15, 0.2) is 24.3 Å². The number of rotatable bonds is 9. The molecule has 2 aromatic rings. The molecule has 0 saturated carbocycles.